The van der Waals surface area contributed by atoms with Crippen molar-refractivity contribution in [2.45, 2.75) is 6.54 Å². The fourth-order valence-electron chi connectivity index (χ4n) is 3.60. The molecule has 0 unspecified atom stereocenters. The summed E-state index contributed by atoms with van der Waals surface area (Å²) in [5, 5.41) is 0.387. The van der Waals surface area contributed by atoms with Gasteiger partial charge in [0.05, 0.1) is 11.2 Å². The van der Waals surface area contributed by atoms with E-state index in [0.717, 1.165) is 5.56 Å². The summed E-state index contributed by atoms with van der Waals surface area (Å²) in [7, 11) is 0. The Labute approximate surface area is 199 Å². The molecule has 0 spiro atoms. The third kappa shape index (κ3) is 4.33. The molecule has 0 aliphatic rings. The lowest BCUT2D eigenvalue weighted by atomic mass is 10.0. The maximum absolute atomic E-state index is 14.3. The number of nitrogens with zero attached hydrogens (tertiary/aromatic N) is 3. The van der Waals surface area contributed by atoms with E-state index >= 15 is 0 Å². The zero-order valence-corrected chi connectivity index (χ0v) is 18.7. The second-order valence-corrected chi connectivity index (χ2v) is 8.62. The molecular weight excluding hydrogens is 449 g/mol. The highest BCUT2D eigenvalue weighted by atomic mass is 32.1. The minimum atomic E-state index is -0.433. The summed E-state index contributed by atoms with van der Waals surface area (Å²) in [5.74, 6) is -0.854. The van der Waals surface area contributed by atoms with E-state index in [0.29, 0.717) is 26.5 Å². The van der Waals surface area contributed by atoms with Gasteiger partial charge in [0.2, 0.25) is 0 Å². The largest absolute Gasteiger partial charge is 0.289 e. The fraction of sp³-hybridized carbons (Fsp3) is 0.0370. The number of aromatic nitrogens is 2. The van der Waals surface area contributed by atoms with Crippen molar-refractivity contribution in [3.63, 3.8) is 0 Å². The topological polar surface area (TPSA) is 63.2 Å². The predicted octanol–water partition coefficient (Wildman–Crippen LogP) is 5.91. The molecule has 7 heteroatoms. The molecule has 0 saturated carbocycles. The third-order valence-corrected chi connectivity index (χ3v) is 6.37. The number of para-hydroxylation sites is 1. The van der Waals surface area contributed by atoms with Gasteiger partial charge in [0.25, 0.3) is 5.91 Å². The van der Waals surface area contributed by atoms with E-state index in [9.17, 15) is 14.0 Å². The van der Waals surface area contributed by atoms with Crippen LogP contribution in [0.2, 0.25) is 0 Å². The molecule has 0 bridgehead atoms. The van der Waals surface area contributed by atoms with E-state index in [1.807, 2.05) is 24.3 Å². The van der Waals surface area contributed by atoms with Crippen molar-refractivity contribution in [3.05, 3.63) is 125 Å². The summed E-state index contributed by atoms with van der Waals surface area (Å²) in [5.41, 5.74) is 2.51. The number of amides is 1. The van der Waals surface area contributed by atoms with Crippen molar-refractivity contribution in [3.8, 4) is 0 Å². The summed E-state index contributed by atoms with van der Waals surface area (Å²) >= 11 is 1.25. The fourth-order valence-corrected chi connectivity index (χ4v) is 4.57. The van der Waals surface area contributed by atoms with E-state index in [2.05, 4.69) is 9.97 Å². The zero-order valence-electron chi connectivity index (χ0n) is 17.9. The highest BCUT2D eigenvalue weighted by molar-refractivity contribution is 7.22. The van der Waals surface area contributed by atoms with Gasteiger partial charge in [0, 0.05) is 29.1 Å². The standard InChI is InChI=1S/C27H18FN3O2S/c28-22-9-4-10-23-24(22)30-27(34-23)31(17-18-6-5-15-29-16-18)26(33)21-13-11-20(12-14-21)25(32)19-7-2-1-3-8-19/h1-16H,17H2. The van der Waals surface area contributed by atoms with Crippen LogP contribution < -0.4 is 4.90 Å². The molecule has 1 amide bonds. The van der Waals surface area contributed by atoms with Gasteiger partial charge in [-0.1, -0.05) is 65.9 Å². The van der Waals surface area contributed by atoms with Gasteiger partial charge in [-0.05, 0) is 35.9 Å². The molecule has 5 rings (SSSR count). The maximum atomic E-state index is 14.3. The molecule has 0 radical (unpaired) electrons. The van der Waals surface area contributed by atoms with Gasteiger partial charge in [-0.25, -0.2) is 9.37 Å². The van der Waals surface area contributed by atoms with Crippen LogP contribution in [-0.2, 0) is 6.54 Å². The summed E-state index contributed by atoms with van der Waals surface area (Å²) < 4.78 is 14.9. The van der Waals surface area contributed by atoms with E-state index in [1.54, 1.807) is 67.0 Å². The molecule has 0 N–H and O–H groups in total. The normalized spacial score (nSPS) is 10.9. The summed E-state index contributed by atoms with van der Waals surface area (Å²) in [6.45, 7) is 0.221. The maximum Gasteiger partial charge on any atom is 0.260 e. The minimum absolute atomic E-state index is 0.117. The van der Waals surface area contributed by atoms with Crippen molar-refractivity contribution in [1.29, 1.82) is 0 Å². The van der Waals surface area contributed by atoms with Crippen molar-refractivity contribution < 1.29 is 14.0 Å². The van der Waals surface area contributed by atoms with Crippen molar-refractivity contribution in [2.75, 3.05) is 4.90 Å². The van der Waals surface area contributed by atoms with Gasteiger partial charge in [0.1, 0.15) is 11.3 Å². The first kappa shape index (κ1) is 21.6. The predicted molar refractivity (Wildman–Crippen MR) is 131 cm³/mol. The number of anilines is 1. The molecule has 34 heavy (non-hydrogen) atoms. The lowest BCUT2D eigenvalue weighted by molar-refractivity contribution is 0.0982. The number of benzene rings is 3. The van der Waals surface area contributed by atoms with Crippen molar-refractivity contribution in [1.82, 2.24) is 9.97 Å². The summed E-state index contributed by atoms with van der Waals surface area (Å²) in [6.07, 6.45) is 3.33. The van der Waals surface area contributed by atoms with Gasteiger partial charge in [-0.2, -0.15) is 0 Å². The minimum Gasteiger partial charge on any atom is -0.289 e. The number of pyridine rings is 1. The number of hydrogen-bond donors (Lipinski definition) is 0. The van der Waals surface area contributed by atoms with Crippen molar-refractivity contribution in [2.24, 2.45) is 0 Å². The molecule has 0 atom stereocenters. The van der Waals surface area contributed by atoms with Crippen molar-refractivity contribution >= 4 is 38.4 Å². The van der Waals surface area contributed by atoms with E-state index in [4.69, 9.17) is 0 Å². The van der Waals surface area contributed by atoms with Gasteiger partial charge < -0.3 is 0 Å². The van der Waals surface area contributed by atoms with Crippen LogP contribution in [0.4, 0.5) is 9.52 Å². The quantitative estimate of drug-likeness (QED) is 0.291. The van der Waals surface area contributed by atoms with Crippen LogP contribution in [-0.4, -0.2) is 21.7 Å². The number of fused-ring (bicyclic) bond motifs is 1. The molecule has 0 aliphatic heterocycles. The lowest BCUT2D eigenvalue weighted by Crippen LogP contribution is -2.30. The number of carbonyl (C=O) groups is 2. The lowest BCUT2D eigenvalue weighted by Gasteiger charge is -2.20. The first-order valence-corrected chi connectivity index (χ1v) is 11.4. The van der Waals surface area contributed by atoms with E-state index in [-0.39, 0.29) is 23.8 Å². The first-order chi connectivity index (χ1) is 16.6. The highest BCUT2D eigenvalue weighted by Crippen LogP contribution is 2.32. The number of thiazole rings is 1. The number of hydrogen-bond acceptors (Lipinski definition) is 5. The molecule has 0 aliphatic carbocycles. The molecule has 0 fully saturated rings. The molecule has 0 saturated heterocycles. The third-order valence-electron chi connectivity index (χ3n) is 5.33. The number of rotatable bonds is 6. The van der Waals surface area contributed by atoms with E-state index in [1.165, 1.54) is 22.3 Å². The zero-order chi connectivity index (χ0) is 23.5. The Hall–Kier alpha value is -4.23. The van der Waals surface area contributed by atoms with Crippen LogP contribution in [0.15, 0.2) is 97.3 Å². The van der Waals surface area contributed by atoms with Crippen LogP contribution in [0, 0.1) is 5.82 Å². The molecule has 5 aromatic rings. The summed E-state index contributed by atoms with van der Waals surface area (Å²) in [4.78, 5) is 36.3. The van der Waals surface area contributed by atoms with Crippen LogP contribution >= 0.6 is 11.3 Å². The second-order valence-electron chi connectivity index (χ2n) is 7.61. The summed E-state index contributed by atoms with van der Waals surface area (Å²) in [6, 6.07) is 23.9. The number of carbonyl (C=O) groups excluding carboxylic acids is 2. The highest BCUT2D eigenvalue weighted by Gasteiger charge is 2.23. The van der Waals surface area contributed by atoms with Crippen LogP contribution in [0.1, 0.15) is 31.8 Å². The first-order valence-electron chi connectivity index (χ1n) is 10.6. The van der Waals surface area contributed by atoms with E-state index < -0.39 is 5.82 Å². The average molecular weight is 468 g/mol. The van der Waals surface area contributed by atoms with Gasteiger partial charge in [-0.3, -0.25) is 19.5 Å². The van der Waals surface area contributed by atoms with Gasteiger partial charge in [-0.15, -0.1) is 0 Å². The molecule has 2 heterocycles. The van der Waals surface area contributed by atoms with Crippen LogP contribution in [0.3, 0.4) is 0 Å². The molecule has 5 nitrogen and oxygen atoms in total. The Morgan fingerprint density at radius 1 is 0.824 bits per heavy atom. The Morgan fingerprint density at radius 2 is 1.56 bits per heavy atom. The van der Waals surface area contributed by atoms with Crippen LogP contribution in [0.5, 0.6) is 0 Å². The van der Waals surface area contributed by atoms with Gasteiger partial charge >= 0.3 is 0 Å². The number of halogens is 1. The molecule has 2 aromatic heterocycles. The molecular formula is C27H18FN3O2S. The SMILES string of the molecule is O=C(c1ccccc1)c1ccc(C(=O)N(Cc2cccnc2)c2nc3c(F)cccc3s2)cc1. The Morgan fingerprint density at radius 3 is 2.26 bits per heavy atom. The Balaban J connectivity index is 1.48. The number of ketones is 1. The second kappa shape index (κ2) is 9.33. The Kier molecular flexibility index (Phi) is 5.93. The van der Waals surface area contributed by atoms with Gasteiger partial charge in [0.15, 0.2) is 10.9 Å². The average Bonchev–Trinajstić information content (AvgIpc) is 3.33. The smallest absolute Gasteiger partial charge is 0.260 e. The monoisotopic (exact) mass is 467 g/mol. The van der Waals surface area contributed by atoms with Crippen LogP contribution in [0.25, 0.3) is 10.2 Å². The molecule has 3 aromatic carbocycles. The molecule has 166 valence electrons. The Bertz CT molecular complexity index is 1470.